The molecule has 2 aromatic heterocycles. The van der Waals surface area contributed by atoms with Gasteiger partial charge in [0.25, 0.3) is 5.91 Å². The van der Waals surface area contributed by atoms with Crippen LogP contribution in [0.25, 0.3) is 10.9 Å². The van der Waals surface area contributed by atoms with E-state index in [1.54, 1.807) is 36.5 Å². The fraction of sp³-hybridized carbons (Fsp3) is 0.318. The van der Waals surface area contributed by atoms with E-state index in [1.807, 2.05) is 24.9 Å². The first-order chi connectivity index (χ1) is 13.4. The van der Waals surface area contributed by atoms with Gasteiger partial charge in [-0.15, -0.1) is 0 Å². The van der Waals surface area contributed by atoms with E-state index in [2.05, 4.69) is 29.1 Å². The van der Waals surface area contributed by atoms with Crippen LogP contribution in [-0.4, -0.2) is 29.5 Å². The number of carbonyl (C=O) groups excluding carboxylic acids is 1. The molecule has 0 fully saturated rings. The number of rotatable bonds is 6. The van der Waals surface area contributed by atoms with Crippen LogP contribution in [0.15, 0.2) is 47.4 Å². The summed E-state index contributed by atoms with van der Waals surface area (Å²) in [5.41, 5.74) is 2.69. The fourth-order valence-corrected chi connectivity index (χ4v) is 3.26. The molecule has 1 atom stereocenters. The number of carbonyl (C=O) groups is 1. The highest BCUT2D eigenvalue weighted by molar-refractivity contribution is 6.08. The van der Waals surface area contributed by atoms with Crippen LogP contribution in [0.1, 0.15) is 36.2 Å². The normalized spacial score (nSPS) is 12.0. The summed E-state index contributed by atoms with van der Waals surface area (Å²) in [7, 11) is 1.96. The summed E-state index contributed by atoms with van der Waals surface area (Å²) < 4.78 is 0. The van der Waals surface area contributed by atoms with Gasteiger partial charge in [0.05, 0.1) is 5.56 Å². The zero-order chi connectivity index (χ0) is 20.3. The predicted octanol–water partition coefficient (Wildman–Crippen LogP) is 3.97. The number of pyridine rings is 2. The second-order valence-electron chi connectivity index (χ2n) is 7.30. The zero-order valence-corrected chi connectivity index (χ0v) is 16.7. The highest BCUT2D eigenvalue weighted by Crippen LogP contribution is 2.22. The van der Waals surface area contributed by atoms with Crippen molar-refractivity contribution in [1.82, 2.24) is 9.97 Å². The lowest BCUT2D eigenvalue weighted by atomic mass is 10.1. The number of nitrogens with zero attached hydrogens (tertiary/aromatic N) is 2. The van der Waals surface area contributed by atoms with E-state index in [0.29, 0.717) is 23.0 Å². The minimum atomic E-state index is -0.208. The van der Waals surface area contributed by atoms with Gasteiger partial charge in [0.15, 0.2) is 0 Å². The topological polar surface area (TPSA) is 78.1 Å². The van der Waals surface area contributed by atoms with E-state index in [-0.39, 0.29) is 11.5 Å². The number of benzene rings is 1. The van der Waals surface area contributed by atoms with Crippen LogP contribution in [0.2, 0.25) is 0 Å². The van der Waals surface area contributed by atoms with E-state index in [0.717, 1.165) is 29.4 Å². The van der Waals surface area contributed by atoms with Crippen molar-refractivity contribution in [3.8, 4) is 0 Å². The first-order valence-electron chi connectivity index (χ1n) is 9.50. The van der Waals surface area contributed by atoms with Gasteiger partial charge in [0.1, 0.15) is 5.82 Å². The van der Waals surface area contributed by atoms with Crippen molar-refractivity contribution in [1.29, 1.82) is 0 Å². The van der Waals surface area contributed by atoms with E-state index in [9.17, 15) is 9.59 Å². The number of H-pyrrole nitrogens is 1. The quantitative estimate of drug-likeness (QED) is 0.680. The maximum absolute atomic E-state index is 12.9. The molecule has 0 saturated heterocycles. The largest absolute Gasteiger partial charge is 0.359 e. The lowest BCUT2D eigenvalue weighted by Crippen LogP contribution is -2.27. The number of aromatic amines is 1. The summed E-state index contributed by atoms with van der Waals surface area (Å²) in [6, 6.07) is 10.6. The number of nitrogens with one attached hydrogen (secondary N) is 2. The fourth-order valence-electron chi connectivity index (χ4n) is 3.26. The Bertz CT molecular complexity index is 1060. The van der Waals surface area contributed by atoms with Crippen molar-refractivity contribution in [3.63, 3.8) is 0 Å². The molecule has 6 nitrogen and oxygen atoms in total. The van der Waals surface area contributed by atoms with Gasteiger partial charge in [-0.25, -0.2) is 4.98 Å². The molecule has 3 aromatic rings. The molecule has 3 rings (SSSR count). The van der Waals surface area contributed by atoms with Crippen molar-refractivity contribution >= 4 is 28.3 Å². The molecular weight excluding hydrogens is 352 g/mol. The maximum Gasteiger partial charge on any atom is 0.259 e. The first kappa shape index (κ1) is 19.6. The second-order valence-corrected chi connectivity index (χ2v) is 7.30. The monoisotopic (exact) mass is 378 g/mol. The molecule has 0 radical (unpaired) electrons. The Morgan fingerprint density at radius 2 is 2.07 bits per heavy atom. The molecule has 0 aliphatic carbocycles. The molecule has 2 N–H and O–H groups in total. The van der Waals surface area contributed by atoms with Crippen LogP contribution >= 0.6 is 0 Å². The van der Waals surface area contributed by atoms with Crippen molar-refractivity contribution in [2.45, 2.75) is 27.2 Å². The van der Waals surface area contributed by atoms with Crippen LogP contribution in [0.4, 0.5) is 11.5 Å². The summed E-state index contributed by atoms with van der Waals surface area (Å²) in [6.07, 6.45) is 2.77. The molecule has 146 valence electrons. The van der Waals surface area contributed by atoms with Crippen LogP contribution in [0.3, 0.4) is 0 Å². The van der Waals surface area contributed by atoms with Gasteiger partial charge >= 0.3 is 0 Å². The molecular formula is C22H26N4O2. The van der Waals surface area contributed by atoms with Gasteiger partial charge in [0.2, 0.25) is 5.56 Å². The molecule has 0 aliphatic heterocycles. The average molecular weight is 378 g/mol. The summed E-state index contributed by atoms with van der Waals surface area (Å²) >= 11 is 0. The summed E-state index contributed by atoms with van der Waals surface area (Å²) in [4.78, 5) is 33.8. The molecule has 1 amide bonds. The third-order valence-electron chi connectivity index (χ3n) is 4.98. The summed E-state index contributed by atoms with van der Waals surface area (Å²) in [5, 5.41) is 3.86. The molecule has 1 unspecified atom stereocenters. The van der Waals surface area contributed by atoms with Gasteiger partial charge in [-0.1, -0.05) is 20.3 Å². The molecule has 2 heterocycles. The van der Waals surface area contributed by atoms with E-state index in [1.165, 1.54) is 0 Å². The minimum Gasteiger partial charge on any atom is -0.359 e. The smallest absolute Gasteiger partial charge is 0.259 e. The Hall–Kier alpha value is -3.15. The zero-order valence-electron chi connectivity index (χ0n) is 16.7. The third-order valence-corrected chi connectivity index (χ3v) is 4.98. The predicted molar refractivity (Wildman–Crippen MR) is 114 cm³/mol. The van der Waals surface area contributed by atoms with Gasteiger partial charge in [0, 0.05) is 42.4 Å². The van der Waals surface area contributed by atoms with Gasteiger partial charge in [-0.3, -0.25) is 9.59 Å². The highest BCUT2D eigenvalue weighted by atomic mass is 16.1. The number of aryl methyl sites for hydroxylation is 1. The van der Waals surface area contributed by atoms with Crippen molar-refractivity contribution in [2.24, 2.45) is 5.92 Å². The minimum absolute atomic E-state index is 0.133. The molecule has 6 heteroatoms. The van der Waals surface area contributed by atoms with E-state index < -0.39 is 0 Å². The second kappa shape index (κ2) is 8.25. The Morgan fingerprint density at radius 1 is 1.29 bits per heavy atom. The Morgan fingerprint density at radius 3 is 2.82 bits per heavy atom. The molecule has 0 saturated carbocycles. The Balaban J connectivity index is 1.87. The van der Waals surface area contributed by atoms with E-state index in [4.69, 9.17) is 0 Å². The first-order valence-corrected chi connectivity index (χ1v) is 9.50. The number of fused-ring (bicyclic) bond motifs is 1. The number of amides is 1. The number of anilines is 2. The molecule has 0 bridgehead atoms. The van der Waals surface area contributed by atoms with Crippen LogP contribution in [0.5, 0.6) is 0 Å². The number of hydrogen-bond donors (Lipinski definition) is 2. The van der Waals surface area contributed by atoms with Gasteiger partial charge < -0.3 is 15.2 Å². The molecule has 28 heavy (non-hydrogen) atoms. The van der Waals surface area contributed by atoms with Crippen LogP contribution < -0.4 is 15.8 Å². The number of hydrogen-bond acceptors (Lipinski definition) is 4. The summed E-state index contributed by atoms with van der Waals surface area (Å²) in [5.74, 6) is 0.968. The SMILES string of the molecule is CCC(C)CN(C)c1ncccc1C(=O)Nc1ccc2[nH]c(=O)cc(C)c2c1. The van der Waals surface area contributed by atoms with Crippen molar-refractivity contribution in [2.75, 3.05) is 23.8 Å². The lowest BCUT2D eigenvalue weighted by Gasteiger charge is -2.23. The summed E-state index contributed by atoms with van der Waals surface area (Å²) in [6.45, 7) is 7.04. The van der Waals surface area contributed by atoms with Crippen molar-refractivity contribution < 1.29 is 4.79 Å². The average Bonchev–Trinajstić information content (AvgIpc) is 2.68. The van der Waals surface area contributed by atoms with E-state index >= 15 is 0 Å². The Kier molecular flexibility index (Phi) is 5.78. The lowest BCUT2D eigenvalue weighted by molar-refractivity contribution is 0.102. The molecule has 1 aromatic carbocycles. The standard InChI is InChI=1S/C22H26N4O2/c1-5-14(2)13-26(4)21-17(7-6-10-23-21)22(28)24-16-8-9-19-18(12-16)15(3)11-20(27)25-19/h6-12,14H,5,13H2,1-4H3,(H,24,28)(H,25,27). The third kappa shape index (κ3) is 4.22. The molecule has 0 spiro atoms. The Labute approximate surface area is 164 Å². The van der Waals surface area contributed by atoms with Gasteiger partial charge in [-0.05, 0) is 48.7 Å². The number of aromatic nitrogens is 2. The molecule has 0 aliphatic rings. The maximum atomic E-state index is 12.9. The highest BCUT2D eigenvalue weighted by Gasteiger charge is 2.17. The van der Waals surface area contributed by atoms with Crippen LogP contribution in [0, 0.1) is 12.8 Å². The van der Waals surface area contributed by atoms with Gasteiger partial charge in [-0.2, -0.15) is 0 Å². The van der Waals surface area contributed by atoms with Crippen LogP contribution in [-0.2, 0) is 0 Å². The van der Waals surface area contributed by atoms with Crippen molar-refractivity contribution in [3.05, 3.63) is 64.1 Å².